The molecule has 1 aromatic carbocycles. The van der Waals surface area contributed by atoms with Crippen LogP contribution < -0.4 is 0 Å². The predicted octanol–water partition coefficient (Wildman–Crippen LogP) is 4.86. The Morgan fingerprint density at radius 1 is 1.00 bits per heavy atom. The Bertz CT molecular complexity index is 519. The SMILES string of the molecule is CCCCCC(C#N)(C#N)Cc1ccc(C(F)(F)F)cc1. The highest BCUT2D eigenvalue weighted by Crippen LogP contribution is 2.32. The fourth-order valence-corrected chi connectivity index (χ4v) is 2.14. The maximum absolute atomic E-state index is 12.5. The van der Waals surface area contributed by atoms with Crippen LogP contribution in [0.4, 0.5) is 13.2 Å². The molecule has 5 heteroatoms. The molecule has 0 N–H and O–H groups in total. The summed E-state index contributed by atoms with van der Waals surface area (Å²) >= 11 is 0. The zero-order valence-corrected chi connectivity index (χ0v) is 11.9. The first kappa shape index (κ1) is 17.0. The number of nitriles is 2. The van der Waals surface area contributed by atoms with Crippen molar-refractivity contribution in [1.82, 2.24) is 0 Å². The van der Waals surface area contributed by atoms with E-state index < -0.39 is 17.2 Å². The first-order valence-electron chi connectivity index (χ1n) is 6.85. The van der Waals surface area contributed by atoms with Gasteiger partial charge in [0.1, 0.15) is 5.41 Å². The van der Waals surface area contributed by atoms with E-state index in [0.717, 1.165) is 31.4 Å². The lowest BCUT2D eigenvalue weighted by molar-refractivity contribution is -0.137. The van der Waals surface area contributed by atoms with E-state index in [-0.39, 0.29) is 6.42 Å². The minimum atomic E-state index is -4.37. The summed E-state index contributed by atoms with van der Waals surface area (Å²) in [7, 11) is 0. The average molecular weight is 294 g/mol. The normalized spacial score (nSPS) is 11.7. The summed E-state index contributed by atoms with van der Waals surface area (Å²) in [6.07, 6.45) is -1.11. The summed E-state index contributed by atoms with van der Waals surface area (Å²) in [5.41, 5.74) is -1.31. The van der Waals surface area contributed by atoms with Crippen molar-refractivity contribution in [1.29, 1.82) is 10.5 Å². The Kier molecular flexibility index (Phi) is 5.79. The van der Waals surface area contributed by atoms with Gasteiger partial charge in [0.2, 0.25) is 0 Å². The van der Waals surface area contributed by atoms with E-state index in [4.69, 9.17) is 0 Å². The van der Waals surface area contributed by atoms with Crippen molar-refractivity contribution in [2.75, 3.05) is 0 Å². The van der Waals surface area contributed by atoms with Crippen LogP contribution in [-0.2, 0) is 12.6 Å². The lowest BCUT2D eigenvalue weighted by Crippen LogP contribution is -2.19. The van der Waals surface area contributed by atoms with Crippen LogP contribution in [0.25, 0.3) is 0 Å². The van der Waals surface area contributed by atoms with Crippen molar-refractivity contribution in [3.8, 4) is 12.1 Å². The monoisotopic (exact) mass is 294 g/mol. The Labute approximate surface area is 122 Å². The molecule has 1 aromatic rings. The van der Waals surface area contributed by atoms with Crippen LogP contribution in [0.5, 0.6) is 0 Å². The van der Waals surface area contributed by atoms with Gasteiger partial charge in [-0.3, -0.25) is 0 Å². The zero-order chi connectivity index (χ0) is 15.9. The lowest BCUT2D eigenvalue weighted by atomic mass is 9.80. The molecule has 0 saturated carbocycles. The van der Waals surface area contributed by atoms with E-state index in [1.54, 1.807) is 0 Å². The number of benzene rings is 1. The van der Waals surface area contributed by atoms with Gasteiger partial charge in [0.05, 0.1) is 17.7 Å². The zero-order valence-electron chi connectivity index (χ0n) is 11.9. The predicted molar refractivity (Wildman–Crippen MR) is 72.9 cm³/mol. The first-order valence-corrected chi connectivity index (χ1v) is 6.85. The van der Waals surface area contributed by atoms with E-state index in [1.165, 1.54) is 12.1 Å². The summed E-state index contributed by atoms with van der Waals surface area (Å²) in [4.78, 5) is 0. The van der Waals surface area contributed by atoms with Crippen molar-refractivity contribution in [3.05, 3.63) is 35.4 Å². The number of nitrogens with zero attached hydrogens (tertiary/aromatic N) is 2. The smallest absolute Gasteiger partial charge is 0.197 e. The van der Waals surface area contributed by atoms with Gasteiger partial charge in [-0.25, -0.2) is 0 Å². The third-order valence-corrected chi connectivity index (χ3v) is 3.42. The highest BCUT2D eigenvalue weighted by molar-refractivity contribution is 5.28. The summed E-state index contributed by atoms with van der Waals surface area (Å²) in [6, 6.07) is 8.72. The van der Waals surface area contributed by atoms with Gasteiger partial charge in [-0.05, 0) is 24.1 Å². The standard InChI is InChI=1S/C16H17F3N2/c1-2-3-4-9-15(11-20,12-21)10-13-5-7-14(8-6-13)16(17,18)19/h5-8H,2-4,9-10H2,1H3. The highest BCUT2D eigenvalue weighted by Gasteiger charge is 2.32. The number of halogens is 3. The fraction of sp³-hybridized carbons (Fsp3) is 0.500. The molecule has 21 heavy (non-hydrogen) atoms. The molecule has 0 unspecified atom stereocenters. The van der Waals surface area contributed by atoms with Crippen LogP contribution in [-0.4, -0.2) is 0 Å². The third-order valence-electron chi connectivity index (χ3n) is 3.42. The molecule has 0 aromatic heterocycles. The second kappa shape index (κ2) is 7.13. The van der Waals surface area contributed by atoms with Gasteiger partial charge in [0.25, 0.3) is 0 Å². The summed E-state index contributed by atoms with van der Waals surface area (Å²) in [5, 5.41) is 18.5. The van der Waals surface area contributed by atoms with Crippen LogP contribution in [0, 0.1) is 28.1 Å². The van der Waals surface area contributed by atoms with Crippen LogP contribution in [0.3, 0.4) is 0 Å². The Balaban J connectivity index is 2.86. The number of hydrogen-bond donors (Lipinski definition) is 0. The topological polar surface area (TPSA) is 47.6 Å². The molecule has 0 bridgehead atoms. The van der Waals surface area contributed by atoms with Crippen molar-refractivity contribution in [2.24, 2.45) is 5.41 Å². The molecule has 0 amide bonds. The third kappa shape index (κ3) is 4.79. The lowest BCUT2D eigenvalue weighted by Gasteiger charge is -2.18. The molecule has 0 aliphatic rings. The van der Waals surface area contributed by atoms with E-state index in [2.05, 4.69) is 0 Å². The molecule has 2 nitrogen and oxygen atoms in total. The second-order valence-corrected chi connectivity index (χ2v) is 5.13. The van der Waals surface area contributed by atoms with Crippen LogP contribution in [0.15, 0.2) is 24.3 Å². The summed E-state index contributed by atoms with van der Waals surface area (Å²) in [6.45, 7) is 2.02. The molecule has 0 radical (unpaired) electrons. The quantitative estimate of drug-likeness (QED) is 0.703. The van der Waals surface area contributed by atoms with E-state index in [1.807, 2.05) is 19.1 Å². The number of hydrogen-bond acceptors (Lipinski definition) is 2. The molecule has 0 aliphatic heterocycles. The molecular weight excluding hydrogens is 277 g/mol. The molecule has 0 saturated heterocycles. The molecule has 0 atom stereocenters. The average Bonchev–Trinajstić information content (AvgIpc) is 2.46. The van der Waals surface area contributed by atoms with Crippen molar-refractivity contribution >= 4 is 0 Å². The fourth-order valence-electron chi connectivity index (χ4n) is 2.14. The van der Waals surface area contributed by atoms with Gasteiger partial charge >= 0.3 is 6.18 Å². The molecule has 0 fully saturated rings. The molecule has 0 spiro atoms. The second-order valence-electron chi connectivity index (χ2n) is 5.13. The molecule has 0 heterocycles. The van der Waals surface area contributed by atoms with Gasteiger partial charge in [-0.15, -0.1) is 0 Å². The van der Waals surface area contributed by atoms with Crippen molar-refractivity contribution < 1.29 is 13.2 Å². The van der Waals surface area contributed by atoms with Gasteiger partial charge in [0, 0.05) is 6.42 Å². The van der Waals surface area contributed by atoms with Crippen LogP contribution in [0.2, 0.25) is 0 Å². The van der Waals surface area contributed by atoms with E-state index in [0.29, 0.717) is 12.0 Å². The molecule has 112 valence electrons. The van der Waals surface area contributed by atoms with E-state index in [9.17, 15) is 23.7 Å². The Morgan fingerprint density at radius 2 is 1.57 bits per heavy atom. The van der Waals surface area contributed by atoms with Crippen molar-refractivity contribution in [3.63, 3.8) is 0 Å². The molecule has 1 rings (SSSR count). The number of unbranched alkanes of at least 4 members (excludes halogenated alkanes) is 2. The highest BCUT2D eigenvalue weighted by atomic mass is 19.4. The molecule has 0 aliphatic carbocycles. The number of rotatable bonds is 6. The van der Waals surface area contributed by atoms with E-state index >= 15 is 0 Å². The van der Waals surface area contributed by atoms with Gasteiger partial charge in [0.15, 0.2) is 0 Å². The van der Waals surface area contributed by atoms with Gasteiger partial charge in [-0.1, -0.05) is 38.3 Å². The maximum Gasteiger partial charge on any atom is 0.416 e. The first-order chi connectivity index (χ1) is 9.87. The number of alkyl halides is 3. The minimum Gasteiger partial charge on any atom is -0.197 e. The maximum atomic E-state index is 12.5. The van der Waals surface area contributed by atoms with Crippen LogP contribution >= 0.6 is 0 Å². The van der Waals surface area contributed by atoms with Crippen LogP contribution in [0.1, 0.15) is 43.7 Å². The Morgan fingerprint density at radius 3 is 2.00 bits per heavy atom. The molecular formula is C16H17F3N2. The van der Waals surface area contributed by atoms with Crippen molar-refractivity contribution in [2.45, 2.75) is 45.2 Å². The summed E-state index contributed by atoms with van der Waals surface area (Å²) < 4.78 is 37.5. The van der Waals surface area contributed by atoms with Gasteiger partial charge in [-0.2, -0.15) is 23.7 Å². The Hall–Kier alpha value is -2.01. The largest absolute Gasteiger partial charge is 0.416 e. The minimum absolute atomic E-state index is 0.155. The van der Waals surface area contributed by atoms with Gasteiger partial charge < -0.3 is 0 Å². The summed E-state index contributed by atoms with van der Waals surface area (Å²) in [5.74, 6) is 0.